The van der Waals surface area contributed by atoms with Crippen molar-refractivity contribution in [3.05, 3.63) is 101 Å². The van der Waals surface area contributed by atoms with Gasteiger partial charge in [0.25, 0.3) is 0 Å². The molecule has 226 valence electrons. The molecule has 9 rings (SSSR count). The van der Waals surface area contributed by atoms with Crippen LogP contribution < -0.4 is 9.75 Å². The maximum absolute atomic E-state index is 6.46. The van der Waals surface area contributed by atoms with Gasteiger partial charge in [-0.2, -0.15) is 4.57 Å². The highest BCUT2D eigenvalue weighted by Gasteiger charge is 2.65. The third-order valence-corrected chi connectivity index (χ3v) is 13.7. The molecule has 3 atom stereocenters. The third kappa shape index (κ3) is 3.86. The van der Waals surface area contributed by atoms with E-state index in [0.29, 0.717) is 23.6 Å². The van der Waals surface area contributed by atoms with Gasteiger partial charge < -0.3 is 4.42 Å². The molecule has 2 aromatic carbocycles. The van der Waals surface area contributed by atoms with Crippen LogP contribution in [-0.4, -0.2) is 25.3 Å². The van der Waals surface area contributed by atoms with Gasteiger partial charge in [-0.05, 0) is 85.2 Å². The molecular weight excluding hydrogens is 567 g/mol. The Morgan fingerprint density at radius 2 is 1.78 bits per heavy atom. The minimum atomic E-state index is -1.63. The van der Waals surface area contributed by atoms with E-state index in [1.54, 1.807) is 10.8 Å². The first-order valence-electron chi connectivity index (χ1n) is 17.0. The zero-order chi connectivity index (χ0) is 30.7. The van der Waals surface area contributed by atoms with Gasteiger partial charge in [-0.25, -0.2) is 4.98 Å². The SMILES string of the molecule is C=CC1=NCC2(CC3c4ccccc4-c4cc(C5CCCCC5)c([Si](C)(C)C)c[n+]4C32)c2cc3oc4nc(C)ccc4c3cc21. The van der Waals surface area contributed by atoms with Crippen molar-refractivity contribution in [3.63, 3.8) is 0 Å². The summed E-state index contributed by atoms with van der Waals surface area (Å²) in [7, 11) is -1.63. The predicted octanol–water partition coefficient (Wildman–Crippen LogP) is 8.81. The quantitative estimate of drug-likeness (QED) is 0.152. The average Bonchev–Trinajstić information content (AvgIpc) is 3.38. The Morgan fingerprint density at radius 3 is 2.58 bits per heavy atom. The van der Waals surface area contributed by atoms with Gasteiger partial charge >= 0.3 is 0 Å². The zero-order valence-electron chi connectivity index (χ0n) is 27.0. The Balaban J connectivity index is 1.29. The third-order valence-electron chi connectivity index (χ3n) is 11.6. The normalized spacial score (nSPS) is 24.0. The molecule has 45 heavy (non-hydrogen) atoms. The first-order valence-corrected chi connectivity index (χ1v) is 20.5. The zero-order valence-corrected chi connectivity index (χ0v) is 28.0. The molecule has 0 amide bonds. The Morgan fingerprint density at radius 1 is 0.956 bits per heavy atom. The first kappa shape index (κ1) is 27.5. The van der Waals surface area contributed by atoms with Crippen molar-refractivity contribution in [2.45, 2.75) is 88.4 Å². The fourth-order valence-corrected chi connectivity index (χ4v) is 11.1. The molecule has 0 radical (unpaired) electrons. The second kappa shape index (κ2) is 9.59. The molecule has 1 spiro atoms. The molecule has 5 aromatic rings. The summed E-state index contributed by atoms with van der Waals surface area (Å²) >= 11 is 0. The van der Waals surface area contributed by atoms with Crippen LogP contribution in [-0.2, 0) is 5.41 Å². The van der Waals surface area contributed by atoms with Gasteiger partial charge in [-0.3, -0.25) is 4.99 Å². The first-order chi connectivity index (χ1) is 21.8. The molecule has 0 saturated heterocycles. The summed E-state index contributed by atoms with van der Waals surface area (Å²) in [5, 5.41) is 3.83. The highest BCUT2D eigenvalue weighted by molar-refractivity contribution is 6.89. The van der Waals surface area contributed by atoms with Crippen LogP contribution in [0.3, 0.4) is 0 Å². The molecule has 2 fully saturated rings. The summed E-state index contributed by atoms with van der Waals surface area (Å²) in [6.45, 7) is 14.6. The lowest BCUT2D eigenvalue weighted by Gasteiger charge is -2.54. The van der Waals surface area contributed by atoms with Crippen molar-refractivity contribution in [1.82, 2.24) is 4.98 Å². The van der Waals surface area contributed by atoms with E-state index in [9.17, 15) is 0 Å². The Labute approximate surface area is 266 Å². The van der Waals surface area contributed by atoms with E-state index in [-0.39, 0.29) is 5.41 Å². The molecule has 4 aliphatic rings. The number of furan rings is 1. The number of aromatic nitrogens is 2. The molecule has 2 saturated carbocycles. The van der Waals surface area contributed by atoms with Gasteiger partial charge in [0.15, 0.2) is 12.2 Å². The maximum Gasteiger partial charge on any atom is 0.227 e. The van der Waals surface area contributed by atoms with Crippen molar-refractivity contribution >= 4 is 41.0 Å². The number of hydrogen-bond acceptors (Lipinski definition) is 3. The van der Waals surface area contributed by atoms with Crippen LogP contribution in [0.15, 0.2) is 82.9 Å². The van der Waals surface area contributed by atoms with Crippen LogP contribution in [0.2, 0.25) is 19.6 Å². The Hall–Kier alpha value is -3.83. The molecule has 2 aliphatic heterocycles. The number of aliphatic imine (C=N–C) groups is 1. The van der Waals surface area contributed by atoms with E-state index in [1.165, 1.54) is 60.1 Å². The number of aryl methyl sites for hydroxylation is 1. The fraction of sp³-hybridized carbons (Fsp3) is 0.375. The van der Waals surface area contributed by atoms with Gasteiger partial charge in [0, 0.05) is 44.8 Å². The summed E-state index contributed by atoms with van der Waals surface area (Å²) < 4.78 is 9.19. The number of rotatable bonds is 3. The Kier molecular flexibility index (Phi) is 5.85. The second-order valence-electron chi connectivity index (χ2n) is 15.2. The van der Waals surface area contributed by atoms with Crippen molar-refractivity contribution < 1.29 is 8.98 Å². The number of hydrogen-bond donors (Lipinski definition) is 0. The van der Waals surface area contributed by atoms with Gasteiger partial charge in [-0.1, -0.05) is 63.7 Å². The number of benzene rings is 2. The van der Waals surface area contributed by atoms with Gasteiger partial charge in [0.2, 0.25) is 11.4 Å². The predicted molar refractivity (Wildman–Crippen MR) is 187 cm³/mol. The molecule has 0 bridgehead atoms. The molecule has 3 aromatic heterocycles. The van der Waals surface area contributed by atoms with Crippen molar-refractivity contribution in [2.75, 3.05) is 6.54 Å². The van der Waals surface area contributed by atoms with Crippen molar-refractivity contribution in [3.8, 4) is 11.3 Å². The van der Waals surface area contributed by atoms with E-state index in [1.807, 2.05) is 13.0 Å². The number of allylic oxidation sites excluding steroid dienone is 1. The minimum absolute atomic E-state index is 0.112. The van der Waals surface area contributed by atoms with Crippen LogP contribution in [0.4, 0.5) is 0 Å². The standard InChI is InChI=1S/C40H42N3OSi/c1-6-34-31-18-30-28-17-16-24(2)42-39(28)44-36(30)20-33(31)40(23-41-34)21-32-26-14-10-11-15-27(26)35-19-29(25-12-8-7-9-13-25)37(45(3,4)5)22-43(35)38(32)40/h6,10-11,14-20,22,25,32,38H,1,7-9,12-13,21,23H2,2-5H3/q+1. The minimum Gasteiger partial charge on any atom is -0.438 e. The van der Waals surface area contributed by atoms with Crippen LogP contribution in [0, 0.1) is 6.92 Å². The highest BCUT2D eigenvalue weighted by atomic mass is 28.3. The lowest BCUT2D eigenvalue weighted by molar-refractivity contribution is -0.739. The van der Waals surface area contributed by atoms with Gasteiger partial charge in [-0.15, -0.1) is 0 Å². The molecule has 2 aliphatic carbocycles. The fourth-order valence-electron chi connectivity index (χ4n) is 9.47. The van der Waals surface area contributed by atoms with Crippen LogP contribution in [0.1, 0.15) is 84.4 Å². The number of nitrogens with zero attached hydrogens (tertiary/aromatic N) is 3. The van der Waals surface area contributed by atoms with Gasteiger partial charge in [0.05, 0.1) is 25.7 Å². The summed E-state index contributed by atoms with van der Waals surface area (Å²) in [5.41, 5.74) is 12.0. The van der Waals surface area contributed by atoms with E-state index in [4.69, 9.17) is 14.4 Å². The smallest absolute Gasteiger partial charge is 0.227 e. The lowest BCUT2D eigenvalue weighted by atomic mass is 9.50. The van der Waals surface area contributed by atoms with Crippen LogP contribution >= 0.6 is 0 Å². The van der Waals surface area contributed by atoms with E-state index >= 15 is 0 Å². The molecule has 5 heterocycles. The lowest BCUT2D eigenvalue weighted by Crippen LogP contribution is -2.67. The molecule has 0 N–H and O–H groups in total. The molecule has 5 heteroatoms. The van der Waals surface area contributed by atoms with E-state index in [2.05, 4.69) is 91.6 Å². The van der Waals surface area contributed by atoms with Gasteiger partial charge in [0.1, 0.15) is 5.58 Å². The Bertz CT molecular complexity index is 2090. The monoisotopic (exact) mass is 608 g/mol. The molecule has 3 unspecified atom stereocenters. The highest BCUT2D eigenvalue weighted by Crippen LogP contribution is 2.63. The largest absolute Gasteiger partial charge is 0.438 e. The van der Waals surface area contributed by atoms with E-state index < -0.39 is 8.07 Å². The number of pyridine rings is 2. The van der Waals surface area contributed by atoms with Crippen molar-refractivity contribution in [2.24, 2.45) is 4.99 Å². The average molecular weight is 609 g/mol. The van der Waals surface area contributed by atoms with Crippen LogP contribution in [0.25, 0.3) is 33.3 Å². The van der Waals surface area contributed by atoms with E-state index in [0.717, 1.165) is 40.7 Å². The topological polar surface area (TPSA) is 42.3 Å². The maximum atomic E-state index is 6.46. The number of fused-ring (bicyclic) bond motifs is 12. The molecule has 4 nitrogen and oxygen atoms in total. The summed E-state index contributed by atoms with van der Waals surface area (Å²) in [6, 6.07) is 21.0. The summed E-state index contributed by atoms with van der Waals surface area (Å²) in [4.78, 5) is 10.0. The molecular formula is C40H42N3OSi+. The van der Waals surface area contributed by atoms with Crippen LogP contribution in [0.5, 0.6) is 0 Å². The summed E-state index contributed by atoms with van der Waals surface area (Å²) in [5.74, 6) is 1.14. The second-order valence-corrected chi connectivity index (χ2v) is 20.3. The van der Waals surface area contributed by atoms with Crippen molar-refractivity contribution in [1.29, 1.82) is 0 Å². The summed E-state index contributed by atoms with van der Waals surface area (Å²) in [6.07, 6.45) is 12.4.